The minimum atomic E-state index is -0.0699. The lowest BCUT2D eigenvalue weighted by Crippen LogP contribution is -2.28. The maximum atomic E-state index is 11.8. The Balaban J connectivity index is 1.85. The lowest BCUT2D eigenvalue weighted by Gasteiger charge is -2.10. The molecule has 0 spiro atoms. The number of hydrogen-bond donors (Lipinski definition) is 2. The van der Waals surface area contributed by atoms with Crippen LogP contribution in [-0.2, 0) is 0 Å². The van der Waals surface area contributed by atoms with E-state index in [1.807, 2.05) is 13.1 Å². The van der Waals surface area contributed by atoms with Crippen LogP contribution in [-0.4, -0.2) is 24.5 Å². The summed E-state index contributed by atoms with van der Waals surface area (Å²) >= 11 is 0. The maximum Gasteiger partial charge on any atom is 0.269 e. The summed E-state index contributed by atoms with van der Waals surface area (Å²) in [7, 11) is 1.83. The molecule has 92 valence electrons. The monoisotopic (exact) mass is 233 g/mol. The first-order chi connectivity index (χ1) is 8.29. The van der Waals surface area contributed by atoms with E-state index in [1.165, 1.54) is 25.7 Å². The SMILES string of the molecule is CNc1ccc(C(=O)NCC2CCCC2)nc1. The zero-order chi connectivity index (χ0) is 12.1. The van der Waals surface area contributed by atoms with E-state index in [-0.39, 0.29) is 5.91 Å². The normalized spacial score (nSPS) is 15.8. The van der Waals surface area contributed by atoms with E-state index >= 15 is 0 Å². The summed E-state index contributed by atoms with van der Waals surface area (Å²) in [5.74, 6) is 0.593. The Labute approximate surface area is 102 Å². The number of anilines is 1. The number of rotatable bonds is 4. The third-order valence-electron chi connectivity index (χ3n) is 3.31. The highest BCUT2D eigenvalue weighted by atomic mass is 16.1. The molecule has 1 aliphatic rings. The summed E-state index contributed by atoms with van der Waals surface area (Å²) in [6.07, 6.45) is 6.76. The molecule has 1 heterocycles. The number of nitrogens with zero attached hydrogens (tertiary/aromatic N) is 1. The molecule has 0 saturated heterocycles. The second-order valence-corrected chi connectivity index (χ2v) is 4.54. The highest BCUT2D eigenvalue weighted by molar-refractivity contribution is 5.92. The van der Waals surface area contributed by atoms with Crippen LogP contribution in [0.15, 0.2) is 18.3 Å². The minimum absolute atomic E-state index is 0.0699. The van der Waals surface area contributed by atoms with Gasteiger partial charge in [-0.1, -0.05) is 12.8 Å². The first kappa shape index (κ1) is 11.9. The molecule has 0 atom stereocenters. The molecule has 1 fully saturated rings. The number of pyridine rings is 1. The van der Waals surface area contributed by atoms with E-state index in [4.69, 9.17) is 0 Å². The third-order valence-corrected chi connectivity index (χ3v) is 3.31. The van der Waals surface area contributed by atoms with Crippen molar-refractivity contribution in [2.75, 3.05) is 18.9 Å². The number of hydrogen-bond acceptors (Lipinski definition) is 3. The van der Waals surface area contributed by atoms with Crippen molar-refractivity contribution in [3.8, 4) is 0 Å². The molecule has 4 nitrogen and oxygen atoms in total. The average Bonchev–Trinajstić information content (AvgIpc) is 2.89. The molecule has 0 aromatic carbocycles. The third kappa shape index (κ3) is 3.19. The zero-order valence-corrected chi connectivity index (χ0v) is 10.2. The molecule has 17 heavy (non-hydrogen) atoms. The summed E-state index contributed by atoms with van der Waals surface area (Å²) in [6, 6.07) is 3.60. The van der Waals surface area contributed by atoms with Gasteiger partial charge >= 0.3 is 0 Å². The van der Waals surface area contributed by atoms with Crippen LogP contribution in [0, 0.1) is 5.92 Å². The molecule has 1 aliphatic carbocycles. The summed E-state index contributed by atoms with van der Waals surface area (Å²) in [5.41, 5.74) is 1.40. The van der Waals surface area contributed by atoms with Gasteiger partial charge in [-0.3, -0.25) is 4.79 Å². The van der Waals surface area contributed by atoms with Crippen LogP contribution in [0.3, 0.4) is 0 Å². The van der Waals surface area contributed by atoms with Gasteiger partial charge < -0.3 is 10.6 Å². The fourth-order valence-electron chi connectivity index (χ4n) is 2.22. The summed E-state index contributed by atoms with van der Waals surface area (Å²) in [6.45, 7) is 0.786. The Morgan fingerprint density at radius 3 is 2.76 bits per heavy atom. The zero-order valence-electron chi connectivity index (χ0n) is 10.2. The smallest absolute Gasteiger partial charge is 0.269 e. The van der Waals surface area contributed by atoms with Crippen molar-refractivity contribution < 1.29 is 4.79 Å². The van der Waals surface area contributed by atoms with Crippen molar-refractivity contribution in [1.29, 1.82) is 0 Å². The van der Waals surface area contributed by atoms with Gasteiger partial charge in [0.25, 0.3) is 5.91 Å². The molecule has 2 rings (SSSR count). The van der Waals surface area contributed by atoms with Crippen LogP contribution in [0.5, 0.6) is 0 Å². The van der Waals surface area contributed by atoms with E-state index in [9.17, 15) is 4.79 Å². The second kappa shape index (κ2) is 5.66. The highest BCUT2D eigenvalue weighted by Gasteiger charge is 2.16. The Hall–Kier alpha value is -1.58. The predicted octanol–water partition coefficient (Wildman–Crippen LogP) is 2.04. The number of amides is 1. The molecule has 0 aliphatic heterocycles. The molecule has 2 N–H and O–H groups in total. The fraction of sp³-hybridized carbons (Fsp3) is 0.538. The standard InChI is InChI=1S/C13H19N3O/c1-14-11-6-7-12(15-9-11)13(17)16-8-10-4-2-3-5-10/h6-7,9-10,14H,2-5,8H2,1H3,(H,16,17). The van der Waals surface area contributed by atoms with Crippen molar-refractivity contribution in [2.45, 2.75) is 25.7 Å². The van der Waals surface area contributed by atoms with Crippen molar-refractivity contribution in [2.24, 2.45) is 5.92 Å². The van der Waals surface area contributed by atoms with Crippen LogP contribution < -0.4 is 10.6 Å². The van der Waals surface area contributed by atoms with Gasteiger partial charge in [-0.25, -0.2) is 4.98 Å². The van der Waals surface area contributed by atoms with Gasteiger partial charge in [-0.15, -0.1) is 0 Å². The molecule has 0 unspecified atom stereocenters. The van der Waals surface area contributed by atoms with E-state index in [0.29, 0.717) is 11.6 Å². The van der Waals surface area contributed by atoms with Crippen molar-refractivity contribution in [3.63, 3.8) is 0 Å². The Morgan fingerprint density at radius 2 is 2.18 bits per heavy atom. The summed E-state index contributed by atoms with van der Waals surface area (Å²) < 4.78 is 0. The van der Waals surface area contributed by atoms with Gasteiger partial charge in [0.2, 0.25) is 0 Å². The largest absolute Gasteiger partial charge is 0.387 e. The number of carbonyl (C=O) groups is 1. The number of carbonyl (C=O) groups excluding carboxylic acids is 1. The van der Waals surface area contributed by atoms with Crippen molar-refractivity contribution in [1.82, 2.24) is 10.3 Å². The van der Waals surface area contributed by atoms with Crippen LogP contribution in [0.25, 0.3) is 0 Å². The van der Waals surface area contributed by atoms with E-state index < -0.39 is 0 Å². The first-order valence-corrected chi connectivity index (χ1v) is 6.21. The molecule has 1 saturated carbocycles. The van der Waals surface area contributed by atoms with Gasteiger partial charge in [0.15, 0.2) is 0 Å². The lowest BCUT2D eigenvalue weighted by atomic mass is 10.1. The highest BCUT2D eigenvalue weighted by Crippen LogP contribution is 2.23. The van der Waals surface area contributed by atoms with E-state index in [0.717, 1.165) is 12.2 Å². The molecule has 4 heteroatoms. The molecular weight excluding hydrogens is 214 g/mol. The topological polar surface area (TPSA) is 54.0 Å². The van der Waals surface area contributed by atoms with Crippen molar-refractivity contribution in [3.05, 3.63) is 24.0 Å². The lowest BCUT2D eigenvalue weighted by molar-refractivity contribution is 0.0942. The second-order valence-electron chi connectivity index (χ2n) is 4.54. The minimum Gasteiger partial charge on any atom is -0.387 e. The number of nitrogens with one attached hydrogen (secondary N) is 2. The molecule has 1 aromatic rings. The molecule has 1 aromatic heterocycles. The van der Waals surface area contributed by atoms with Gasteiger partial charge in [-0.05, 0) is 30.9 Å². The molecule has 1 amide bonds. The van der Waals surface area contributed by atoms with Gasteiger partial charge in [-0.2, -0.15) is 0 Å². The van der Waals surface area contributed by atoms with Gasteiger partial charge in [0, 0.05) is 13.6 Å². The predicted molar refractivity (Wildman–Crippen MR) is 68.1 cm³/mol. The summed E-state index contributed by atoms with van der Waals surface area (Å²) in [4.78, 5) is 15.9. The van der Waals surface area contributed by atoms with Crippen LogP contribution in [0.4, 0.5) is 5.69 Å². The molecular formula is C13H19N3O. The Bertz CT molecular complexity index is 369. The molecule has 0 radical (unpaired) electrons. The fourth-order valence-corrected chi connectivity index (χ4v) is 2.22. The van der Waals surface area contributed by atoms with Gasteiger partial charge in [0.1, 0.15) is 5.69 Å². The average molecular weight is 233 g/mol. The Kier molecular flexibility index (Phi) is 3.96. The molecule has 0 bridgehead atoms. The van der Waals surface area contributed by atoms with E-state index in [1.54, 1.807) is 12.3 Å². The first-order valence-electron chi connectivity index (χ1n) is 6.21. The van der Waals surface area contributed by atoms with Gasteiger partial charge in [0.05, 0.1) is 11.9 Å². The maximum absolute atomic E-state index is 11.8. The number of aromatic nitrogens is 1. The van der Waals surface area contributed by atoms with Crippen molar-refractivity contribution >= 4 is 11.6 Å². The van der Waals surface area contributed by atoms with Crippen LogP contribution in [0.2, 0.25) is 0 Å². The summed E-state index contributed by atoms with van der Waals surface area (Å²) in [5, 5.41) is 5.93. The van der Waals surface area contributed by atoms with Crippen LogP contribution in [0.1, 0.15) is 36.2 Å². The van der Waals surface area contributed by atoms with E-state index in [2.05, 4.69) is 15.6 Å². The Morgan fingerprint density at radius 1 is 1.41 bits per heavy atom. The quantitative estimate of drug-likeness (QED) is 0.836. The van der Waals surface area contributed by atoms with Crippen LogP contribution >= 0.6 is 0 Å².